The lowest BCUT2D eigenvalue weighted by Gasteiger charge is -2.38. The fraction of sp³-hybridized carbons (Fsp3) is 0.385. The number of piperazine rings is 1. The summed E-state index contributed by atoms with van der Waals surface area (Å²) in [6.45, 7) is 7.72. The van der Waals surface area contributed by atoms with Crippen LogP contribution in [0.5, 0.6) is 5.88 Å². The molecular formula is C26H28FN7O2. The highest BCUT2D eigenvalue weighted by Crippen LogP contribution is 2.32. The fourth-order valence-electron chi connectivity index (χ4n) is 4.89. The zero-order chi connectivity index (χ0) is 25.0. The molecular weight excluding hydrogens is 461 g/mol. The first-order valence-corrected chi connectivity index (χ1v) is 12.3. The Morgan fingerprint density at radius 3 is 2.67 bits per heavy atom. The number of carbonyl (C=O) groups excluding carboxylic acids is 1. The Bertz CT molecular complexity index is 1470. The maximum atomic E-state index is 14.6. The highest BCUT2D eigenvalue weighted by molar-refractivity contribution is 6.13. The van der Waals surface area contributed by atoms with Crippen LogP contribution in [0, 0.1) is 12.7 Å². The summed E-state index contributed by atoms with van der Waals surface area (Å²) in [5.41, 5.74) is 3.60. The van der Waals surface area contributed by atoms with E-state index < -0.39 is 11.7 Å². The van der Waals surface area contributed by atoms with Crippen LogP contribution in [0.25, 0.3) is 16.7 Å². The molecule has 1 amide bonds. The number of aryl methyl sites for hydroxylation is 1. The molecule has 4 heterocycles. The van der Waals surface area contributed by atoms with Gasteiger partial charge in [-0.25, -0.2) is 19.3 Å². The summed E-state index contributed by atoms with van der Waals surface area (Å²) >= 11 is 0. The average molecular weight is 490 g/mol. The number of nitrogens with zero attached hydrogens (tertiary/aromatic N) is 5. The zero-order valence-corrected chi connectivity index (χ0v) is 20.5. The van der Waals surface area contributed by atoms with E-state index in [2.05, 4.69) is 34.4 Å². The number of pyridine rings is 1. The van der Waals surface area contributed by atoms with Gasteiger partial charge in [0.1, 0.15) is 17.1 Å². The number of fused-ring (bicyclic) bond motifs is 2. The number of nitrogens with one attached hydrogen (secondary N) is 2. The minimum Gasteiger partial charge on any atom is -0.473 e. The van der Waals surface area contributed by atoms with E-state index in [1.54, 1.807) is 36.0 Å². The first kappa shape index (κ1) is 22.7. The molecule has 3 aromatic heterocycles. The number of halogens is 1. The van der Waals surface area contributed by atoms with Crippen molar-refractivity contribution < 1.29 is 13.9 Å². The Morgan fingerprint density at radius 2 is 1.92 bits per heavy atom. The average Bonchev–Trinajstić information content (AvgIpc) is 3.55. The van der Waals surface area contributed by atoms with E-state index in [0.717, 1.165) is 31.6 Å². The number of hydrogen-bond donors (Lipinski definition) is 2. The summed E-state index contributed by atoms with van der Waals surface area (Å²) < 4.78 is 22.0. The van der Waals surface area contributed by atoms with Crippen LogP contribution in [0.15, 0.2) is 36.8 Å². The SMILES string of the molecule is Cc1cn2cc(NC(=O)c3ccc(N4C[C@@H](C)N[C@@H](C)C4)c4ncc(OC5CC5)nc34)cc(F)c2n1. The summed E-state index contributed by atoms with van der Waals surface area (Å²) in [6, 6.07) is 5.58. The second-order valence-corrected chi connectivity index (χ2v) is 9.87. The van der Waals surface area contributed by atoms with Crippen molar-refractivity contribution in [3.8, 4) is 5.88 Å². The first-order chi connectivity index (χ1) is 17.3. The van der Waals surface area contributed by atoms with Gasteiger partial charge in [0.15, 0.2) is 11.5 Å². The molecule has 4 aromatic rings. The number of carbonyl (C=O) groups is 1. The summed E-state index contributed by atoms with van der Waals surface area (Å²) in [5.74, 6) is -0.510. The molecule has 9 nitrogen and oxygen atoms in total. The highest BCUT2D eigenvalue weighted by atomic mass is 19.1. The third-order valence-corrected chi connectivity index (χ3v) is 6.50. The highest BCUT2D eigenvalue weighted by Gasteiger charge is 2.27. The van der Waals surface area contributed by atoms with Crippen LogP contribution in [-0.2, 0) is 0 Å². The van der Waals surface area contributed by atoms with Crippen molar-refractivity contribution in [2.45, 2.75) is 51.8 Å². The Hall–Kier alpha value is -3.79. The van der Waals surface area contributed by atoms with E-state index in [1.165, 1.54) is 6.07 Å². The Kier molecular flexibility index (Phi) is 5.48. The molecule has 6 rings (SSSR count). The number of amides is 1. The van der Waals surface area contributed by atoms with Crippen molar-refractivity contribution in [3.63, 3.8) is 0 Å². The van der Waals surface area contributed by atoms with Crippen molar-refractivity contribution >= 4 is 34.0 Å². The van der Waals surface area contributed by atoms with Crippen LogP contribution >= 0.6 is 0 Å². The van der Waals surface area contributed by atoms with Gasteiger partial charge in [0.05, 0.1) is 28.8 Å². The molecule has 186 valence electrons. The number of aromatic nitrogens is 4. The lowest BCUT2D eigenvalue weighted by atomic mass is 10.1. The van der Waals surface area contributed by atoms with Gasteiger partial charge >= 0.3 is 0 Å². The molecule has 1 aromatic carbocycles. The van der Waals surface area contributed by atoms with Gasteiger partial charge in [-0.2, -0.15) is 0 Å². The third-order valence-electron chi connectivity index (χ3n) is 6.50. The number of benzene rings is 1. The van der Waals surface area contributed by atoms with E-state index in [4.69, 9.17) is 14.7 Å². The second-order valence-electron chi connectivity index (χ2n) is 9.87. The standard InChI is InChI=1S/C26H28FN7O2/c1-14-10-33(11-15(2)29-14)21-7-6-19(23-24(21)28-9-22(32-23)36-18-4-5-18)26(35)31-17-8-20(27)25-30-16(3)12-34(25)13-17/h6-9,12-15,18,29H,4-5,10-11H2,1-3H3,(H,31,35)/t14-,15+. The summed E-state index contributed by atoms with van der Waals surface area (Å²) in [4.78, 5) is 29.3. The number of hydrogen-bond acceptors (Lipinski definition) is 7. The maximum Gasteiger partial charge on any atom is 0.257 e. The smallest absolute Gasteiger partial charge is 0.257 e. The van der Waals surface area contributed by atoms with Crippen LogP contribution in [-0.4, -0.2) is 56.5 Å². The van der Waals surface area contributed by atoms with E-state index >= 15 is 0 Å². The topological polar surface area (TPSA) is 96.7 Å². The van der Waals surface area contributed by atoms with Crippen LogP contribution in [0.3, 0.4) is 0 Å². The molecule has 2 aliphatic rings. The molecule has 1 aliphatic heterocycles. The molecule has 10 heteroatoms. The van der Waals surface area contributed by atoms with Crippen LogP contribution in [0.2, 0.25) is 0 Å². The van der Waals surface area contributed by atoms with Gasteiger partial charge in [0.25, 0.3) is 5.91 Å². The summed E-state index contributed by atoms with van der Waals surface area (Å²) in [7, 11) is 0. The maximum absolute atomic E-state index is 14.6. The van der Waals surface area contributed by atoms with Gasteiger partial charge in [-0.15, -0.1) is 0 Å². The van der Waals surface area contributed by atoms with Gasteiger partial charge in [-0.1, -0.05) is 0 Å². The number of ether oxygens (including phenoxy) is 1. The molecule has 0 spiro atoms. The quantitative estimate of drug-likeness (QED) is 0.441. The number of rotatable bonds is 5. The zero-order valence-electron chi connectivity index (χ0n) is 20.5. The normalized spacial score (nSPS) is 20.2. The van der Waals surface area contributed by atoms with Gasteiger partial charge in [-0.05, 0) is 45.7 Å². The van der Waals surface area contributed by atoms with Crippen LogP contribution in [0.1, 0.15) is 42.7 Å². The largest absolute Gasteiger partial charge is 0.473 e. The van der Waals surface area contributed by atoms with E-state index in [9.17, 15) is 9.18 Å². The van der Waals surface area contributed by atoms with Gasteiger partial charge in [0.2, 0.25) is 5.88 Å². The Labute approximate surface area is 207 Å². The molecule has 2 fully saturated rings. The van der Waals surface area contributed by atoms with Crippen molar-refractivity contribution in [2.24, 2.45) is 0 Å². The van der Waals surface area contributed by atoms with Crippen molar-refractivity contribution in [3.05, 3.63) is 53.9 Å². The summed E-state index contributed by atoms with van der Waals surface area (Å²) in [6.07, 6.45) is 7.12. The molecule has 1 saturated heterocycles. The van der Waals surface area contributed by atoms with E-state index in [1.807, 2.05) is 6.07 Å². The summed E-state index contributed by atoms with van der Waals surface area (Å²) in [5, 5.41) is 6.36. The predicted octanol–water partition coefficient (Wildman–Crippen LogP) is 3.71. The van der Waals surface area contributed by atoms with Gasteiger partial charge in [-0.3, -0.25) is 4.79 Å². The third kappa shape index (κ3) is 4.32. The molecule has 36 heavy (non-hydrogen) atoms. The molecule has 0 unspecified atom stereocenters. The monoisotopic (exact) mass is 489 g/mol. The lowest BCUT2D eigenvalue weighted by Crippen LogP contribution is -2.54. The minimum absolute atomic E-state index is 0.153. The second kappa shape index (κ2) is 8.70. The molecule has 0 bridgehead atoms. The molecule has 2 N–H and O–H groups in total. The van der Waals surface area contributed by atoms with Crippen molar-refractivity contribution in [1.29, 1.82) is 0 Å². The Balaban J connectivity index is 1.39. The van der Waals surface area contributed by atoms with Gasteiger partial charge in [0, 0.05) is 43.6 Å². The van der Waals surface area contributed by atoms with Crippen LogP contribution < -0.4 is 20.3 Å². The molecule has 1 aliphatic carbocycles. The number of anilines is 2. The van der Waals surface area contributed by atoms with E-state index in [-0.39, 0.29) is 11.8 Å². The predicted molar refractivity (Wildman–Crippen MR) is 135 cm³/mol. The molecule has 2 atom stereocenters. The Morgan fingerprint density at radius 1 is 1.14 bits per heavy atom. The molecule has 1 saturated carbocycles. The van der Waals surface area contributed by atoms with E-state index in [0.29, 0.717) is 45.9 Å². The number of imidazole rings is 1. The van der Waals surface area contributed by atoms with Crippen LogP contribution in [0.4, 0.5) is 15.8 Å². The van der Waals surface area contributed by atoms with Crippen molar-refractivity contribution in [2.75, 3.05) is 23.3 Å². The minimum atomic E-state index is -0.511. The first-order valence-electron chi connectivity index (χ1n) is 12.3. The lowest BCUT2D eigenvalue weighted by molar-refractivity contribution is 0.102. The van der Waals surface area contributed by atoms with Gasteiger partial charge < -0.3 is 24.7 Å². The molecule has 0 radical (unpaired) electrons. The van der Waals surface area contributed by atoms with Crippen molar-refractivity contribution in [1.82, 2.24) is 24.7 Å². The fourth-order valence-corrected chi connectivity index (χ4v) is 4.89.